The van der Waals surface area contributed by atoms with E-state index in [-0.39, 0.29) is 13.2 Å². The lowest BCUT2D eigenvalue weighted by Gasteiger charge is -2.32. The number of carbonyl (C=O) groups is 2. The third-order valence-corrected chi connectivity index (χ3v) is 5.43. The highest BCUT2D eigenvalue weighted by Gasteiger charge is 2.62. The fourth-order valence-corrected chi connectivity index (χ4v) is 3.29. The average molecular weight is 577 g/mol. The van der Waals surface area contributed by atoms with Gasteiger partial charge in [-0.15, -0.1) is 13.2 Å². The molecule has 0 saturated carbocycles. The topological polar surface area (TPSA) is 129 Å². The smallest absolute Gasteiger partial charge is 0.352 e. The van der Waals surface area contributed by atoms with E-state index in [1.54, 1.807) is 60.7 Å². The van der Waals surface area contributed by atoms with Gasteiger partial charge in [-0.25, -0.2) is 11.7 Å². The summed E-state index contributed by atoms with van der Waals surface area (Å²) in [6, 6.07) is 16.4. The Morgan fingerprint density at radius 1 is 0.675 bits per heavy atom. The number of nitrogens with one attached hydrogen (secondary N) is 2. The third-order valence-electron chi connectivity index (χ3n) is 5.43. The van der Waals surface area contributed by atoms with Crippen molar-refractivity contribution in [3.05, 3.63) is 97.1 Å². The van der Waals surface area contributed by atoms with Crippen molar-refractivity contribution >= 4 is 11.8 Å². The first-order valence-corrected chi connectivity index (χ1v) is 11.5. The summed E-state index contributed by atoms with van der Waals surface area (Å²) in [5.41, 5.74) is -2.06. The van der Waals surface area contributed by atoms with Gasteiger partial charge in [-0.1, -0.05) is 72.8 Å². The van der Waals surface area contributed by atoms with E-state index in [0.29, 0.717) is 11.1 Å². The van der Waals surface area contributed by atoms with Crippen molar-refractivity contribution in [2.75, 3.05) is 0 Å². The maximum Gasteiger partial charge on any atom is 0.427 e. The van der Waals surface area contributed by atoms with E-state index in [1.807, 2.05) is 0 Å². The van der Waals surface area contributed by atoms with Gasteiger partial charge in [-0.2, -0.15) is 26.3 Å². The molecule has 0 aromatic heterocycles. The van der Waals surface area contributed by atoms with E-state index in [9.17, 15) is 35.9 Å². The number of halogens is 6. The summed E-state index contributed by atoms with van der Waals surface area (Å²) in [6.45, 7) is 5.71. The lowest BCUT2D eigenvalue weighted by Crippen LogP contribution is -2.59. The molecule has 0 bridgehead atoms. The maximum atomic E-state index is 13.2. The fraction of sp³-hybridized carbons (Fsp3) is 0.308. The summed E-state index contributed by atoms with van der Waals surface area (Å²) < 4.78 is 89.0. The predicted octanol–water partition coefficient (Wildman–Crippen LogP) is 4.14. The van der Waals surface area contributed by atoms with E-state index < -0.39 is 48.2 Å². The number of benzene rings is 2. The quantitative estimate of drug-likeness (QED) is 0.0989. The van der Waals surface area contributed by atoms with Crippen molar-refractivity contribution < 1.29 is 45.4 Å². The molecule has 0 aliphatic heterocycles. The Labute approximate surface area is 226 Å². The molecule has 40 heavy (non-hydrogen) atoms. The SMILES string of the molecule is C=CCC(OCc1ccccc1)(C(=O)NN)C(F)(F)F.C=CC[C@@](OCc1ccccc1)(C(=O)NN)C(F)(F)F. The van der Waals surface area contributed by atoms with Gasteiger partial charge in [0.1, 0.15) is 0 Å². The number of amides is 2. The molecule has 0 radical (unpaired) electrons. The second-order valence-electron chi connectivity index (χ2n) is 8.13. The van der Waals surface area contributed by atoms with Crippen molar-refractivity contribution in [3.63, 3.8) is 0 Å². The van der Waals surface area contributed by atoms with Crippen LogP contribution in [0.2, 0.25) is 0 Å². The first-order valence-electron chi connectivity index (χ1n) is 11.5. The second-order valence-corrected chi connectivity index (χ2v) is 8.13. The van der Waals surface area contributed by atoms with Crippen molar-refractivity contribution in [1.29, 1.82) is 0 Å². The molecule has 0 aliphatic carbocycles. The van der Waals surface area contributed by atoms with Crippen LogP contribution in [0.5, 0.6) is 0 Å². The molecule has 2 aromatic rings. The standard InChI is InChI=1S/2C13H15F3N2O2/c2*1-2-8-12(11(19)18-17,13(14,15)16)20-9-10-6-4-3-5-7-10/h2*2-7H,1,8-9,17H2,(H,18,19)/t12-;/m1./s1. The summed E-state index contributed by atoms with van der Waals surface area (Å²) in [6.07, 6.45) is -9.36. The number of ether oxygens (including phenoxy) is 2. The molecule has 2 rings (SSSR count). The number of carbonyl (C=O) groups excluding carboxylic acids is 2. The van der Waals surface area contributed by atoms with Crippen LogP contribution in [0.3, 0.4) is 0 Å². The Hall–Kier alpha value is -3.72. The van der Waals surface area contributed by atoms with Crippen LogP contribution in [0.1, 0.15) is 24.0 Å². The van der Waals surface area contributed by atoms with Gasteiger partial charge >= 0.3 is 12.4 Å². The normalized spacial score (nSPS) is 14.4. The van der Waals surface area contributed by atoms with Gasteiger partial charge in [0, 0.05) is 12.8 Å². The number of rotatable bonds is 12. The lowest BCUT2D eigenvalue weighted by atomic mass is 9.97. The van der Waals surface area contributed by atoms with E-state index in [4.69, 9.17) is 21.2 Å². The van der Waals surface area contributed by atoms with Crippen molar-refractivity contribution in [2.45, 2.75) is 49.6 Å². The Morgan fingerprint density at radius 3 is 1.20 bits per heavy atom. The molecule has 2 atom stereocenters. The first kappa shape index (κ1) is 34.3. The number of alkyl halides is 6. The van der Waals surface area contributed by atoms with Crippen LogP contribution in [-0.2, 0) is 32.3 Å². The maximum absolute atomic E-state index is 13.2. The summed E-state index contributed by atoms with van der Waals surface area (Å²) in [4.78, 5) is 23.1. The average Bonchev–Trinajstić information content (AvgIpc) is 2.92. The third kappa shape index (κ3) is 8.64. The Bertz CT molecular complexity index is 1010. The largest absolute Gasteiger partial charge is 0.427 e. The second kappa shape index (κ2) is 15.2. The van der Waals surface area contributed by atoms with Crippen LogP contribution in [0.4, 0.5) is 26.3 Å². The fourth-order valence-electron chi connectivity index (χ4n) is 3.29. The van der Waals surface area contributed by atoms with E-state index in [0.717, 1.165) is 12.2 Å². The summed E-state index contributed by atoms with van der Waals surface area (Å²) in [5.74, 6) is 6.77. The van der Waals surface area contributed by atoms with Gasteiger partial charge in [-0.05, 0) is 11.1 Å². The van der Waals surface area contributed by atoms with Gasteiger partial charge in [0.2, 0.25) is 11.2 Å². The van der Waals surface area contributed by atoms with Gasteiger partial charge in [0.25, 0.3) is 11.8 Å². The molecule has 2 amide bonds. The molecule has 0 spiro atoms. The molecule has 1 unspecified atom stereocenters. The van der Waals surface area contributed by atoms with Crippen LogP contribution in [0.15, 0.2) is 86.0 Å². The predicted molar refractivity (Wildman–Crippen MR) is 134 cm³/mol. The Morgan fingerprint density at radius 2 is 0.975 bits per heavy atom. The van der Waals surface area contributed by atoms with Crippen LogP contribution in [-0.4, -0.2) is 35.4 Å². The highest BCUT2D eigenvalue weighted by Crippen LogP contribution is 2.39. The minimum atomic E-state index is -4.92. The summed E-state index contributed by atoms with van der Waals surface area (Å²) in [5, 5.41) is 0. The minimum Gasteiger partial charge on any atom is -0.352 e. The number of nitrogens with two attached hydrogens (primary N) is 2. The summed E-state index contributed by atoms with van der Waals surface area (Å²) >= 11 is 0. The van der Waals surface area contributed by atoms with Crippen molar-refractivity contribution in [2.24, 2.45) is 11.7 Å². The number of hydrogen-bond donors (Lipinski definition) is 4. The highest BCUT2D eigenvalue weighted by molar-refractivity contribution is 5.86. The van der Waals surface area contributed by atoms with Crippen LogP contribution >= 0.6 is 0 Å². The molecule has 6 N–H and O–H groups in total. The highest BCUT2D eigenvalue weighted by atomic mass is 19.4. The van der Waals surface area contributed by atoms with Gasteiger partial charge in [-0.3, -0.25) is 20.4 Å². The monoisotopic (exact) mass is 576 g/mol. The molecule has 220 valence electrons. The molecule has 0 heterocycles. The molecular formula is C26H30F6N4O4. The number of hydrazine groups is 2. The zero-order valence-electron chi connectivity index (χ0n) is 21.2. The van der Waals surface area contributed by atoms with Crippen molar-refractivity contribution in [1.82, 2.24) is 10.9 Å². The zero-order valence-corrected chi connectivity index (χ0v) is 21.2. The van der Waals surface area contributed by atoms with Crippen LogP contribution in [0.25, 0.3) is 0 Å². The molecule has 0 aliphatic rings. The Balaban J connectivity index is 0.000000400. The molecule has 0 fully saturated rings. The molecule has 14 heteroatoms. The van der Waals surface area contributed by atoms with Crippen molar-refractivity contribution in [3.8, 4) is 0 Å². The van der Waals surface area contributed by atoms with E-state index >= 15 is 0 Å². The summed E-state index contributed by atoms with van der Waals surface area (Å²) in [7, 11) is 0. The number of hydrogen-bond acceptors (Lipinski definition) is 6. The van der Waals surface area contributed by atoms with E-state index in [1.165, 1.54) is 10.9 Å². The molecule has 0 saturated heterocycles. The van der Waals surface area contributed by atoms with Gasteiger partial charge < -0.3 is 9.47 Å². The minimum absolute atomic E-state index is 0.373. The van der Waals surface area contributed by atoms with Crippen LogP contribution < -0.4 is 22.5 Å². The zero-order chi connectivity index (χ0) is 30.5. The first-order chi connectivity index (χ1) is 18.7. The molecule has 2 aromatic carbocycles. The van der Waals surface area contributed by atoms with Crippen LogP contribution in [0, 0.1) is 0 Å². The molecule has 8 nitrogen and oxygen atoms in total. The Kier molecular flexibility index (Phi) is 13.0. The van der Waals surface area contributed by atoms with Gasteiger partial charge in [0.15, 0.2) is 0 Å². The van der Waals surface area contributed by atoms with E-state index in [2.05, 4.69) is 13.2 Å². The van der Waals surface area contributed by atoms with Gasteiger partial charge in [0.05, 0.1) is 13.2 Å². The lowest BCUT2D eigenvalue weighted by molar-refractivity contribution is -0.270. The molecular weight excluding hydrogens is 546 g/mol.